The molecule has 1 fully saturated rings. The van der Waals surface area contributed by atoms with Crippen LogP contribution in [0.5, 0.6) is 5.75 Å². The van der Waals surface area contributed by atoms with Gasteiger partial charge >= 0.3 is 0 Å². The average molecular weight is 469 g/mol. The standard InChI is InChI=1S/C28H28N4OS/c1-4-20-12-14-21(15-13-20)31-18(2)17-22(19(31)3)27-26(23-9-7-8-16-29-23)30-28(34)32(27)24-10-5-6-11-25(24)33/h5-17,26-27,33H,4H2,1-3H3,(H,30,34)/t26-,27-/m0/s1. The van der Waals surface area contributed by atoms with E-state index in [-0.39, 0.29) is 17.8 Å². The number of phenolic OH excluding ortho intramolecular Hbond substituents is 1. The van der Waals surface area contributed by atoms with Crippen molar-refractivity contribution in [2.75, 3.05) is 4.90 Å². The Kier molecular flexibility index (Phi) is 5.84. The van der Waals surface area contributed by atoms with Crippen LogP contribution in [0.4, 0.5) is 5.69 Å². The second-order valence-electron chi connectivity index (χ2n) is 8.67. The minimum Gasteiger partial charge on any atom is -0.506 e. The van der Waals surface area contributed by atoms with E-state index in [2.05, 4.69) is 66.0 Å². The summed E-state index contributed by atoms with van der Waals surface area (Å²) >= 11 is 5.81. The number of hydrogen-bond acceptors (Lipinski definition) is 3. The van der Waals surface area contributed by atoms with Crippen LogP contribution in [-0.4, -0.2) is 19.8 Å². The van der Waals surface area contributed by atoms with E-state index in [9.17, 15) is 5.11 Å². The van der Waals surface area contributed by atoms with Gasteiger partial charge in [0.25, 0.3) is 0 Å². The van der Waals surface area contributed by atoms with Gasteiger partial charge in [0.05, 0.1) is 23.5 Å². The number of anilines is 1. The minimum absolute atomic E-state index is 0.162. The predicted octanol–water partition coefficient (Wildman–Crippen LogP) is 5.93. The molecule has 2 aromatic carbocycles. The van der Waals surface area contributed by atoms with Crippen molar-refractivity contribution in [3.8, 4) is 11.4 Å². The van der Waals surface area contributed by atoms with Gasteiger partial charge in [0.2, 0.25) is 0 Å². The van der Waals surface area contributed by atoms with Crippen molar-refractivity contribution >= 4 is 23.0 Å². The number of aromatic nitrogens is 2. The Morgan fingerprint density at radius 2 is 1.74 bits per heavy atom. The van der Waals surface area contributed by atoms with E-state index in [1.54, 1.807) is 12.3 Å². The number of aryl methyl sites for hydroxylation is 2. The van der Waals surface area contributed by atoms with Crippen LogP contribution in [0.25, 0.3) is 5.69 Å². The highest BCUT2D eigenvalue weighted by atomic mass is 32.1. The molecule has 0 unspecified atom stereocenters. The molecule has 0 amide bonds. The minimum atomic E-state index is -0.175. The summed E-state index contributed by atoms with van der Waals surface area (Å²) in [6, 6.07) is 23.9. The van der Waals surface area contributed by atoms with Crippen LogP contribution in [0.3, 0.4) is 0 Å². The van der Waals surface area contributed by atoms with Gasteiger partial charge < -0.3 is 19.9 Å². The second kappa shape index (κ2) is 8.95. The lowest BCUT2D eigenvalue weighted by molar-refractivity contribution is 0.472. The fourth-order valence-corrected chi connectivity index (χ4v) is 5.30. The maximum absolute atomic E-state index is 10.7. The highest BCUT2D eigenvalue weighted by molar-refractivity contribution is 7.80. The second-order valence-corrected chi connectivity index (χ2v) is 9.05. The van der Waals surface area contributed by atoms with E-state index < -0.39 is 0 Å². The molecule has 1 saturated heterocycles. The van der Waals surface area contributed by atoms with E-state index in [1.165, 1.54) is 5.56 Å². The molecule has 6 heteroatoms. The molecule has 0 aliphatic carbocycles. The van der Waals surface area contributed by atoms with Crippen molar-refractivity contribution in [3.05, 3.63) is 107 Å². The van der Waals surface area contributed by atoms with Crippen molar-refractivity contribution in [3.63, 3.8) is 0 Å². The predicted molar refractivity (Wildman–Crippen MR) is 141 cm³/mol. The summed E-state index contributed by atoms with van der Waals surface area (Å²) in [6.07, 6.45) is 2.82. The van der Waals surface area contributed by atoms with Crippen LogP contribution in [0.1, 0.15) is 47.2 Å². The molecule has 0 bridgehead atoms. The number of rotatable bonds is 5. The number of nitrogens with zero attached hydrogens (tertiary/aromatic N) is 3. The number of phenols is 1. The number of aromatic hydroxyl groups is 1. The first kappa shape index (κ1) is 22.2. The molecule has 5 rings (SSSR count). The molecule has 2 atom stereocenters. The normalized spacial score (nSPS) is 17.7. The van der Waals surface area contributed by atoms with E-state index in [1.807, 2.05) is 41.3 Å². The quantitative estimate of drug-likeness (QED) is 0.355. The van der Waals surface area contributed by atoms with E-state index >= 15 is 0 Å². The fourth-order valence-electron chi connectivity index (χ4n) is 4.96. The Hall–Kier alpha value is -3.64. The number of para-hydroxylation sites is 2. The zero-order valence-corrected chi connectivity index (χ0v) is 20.4. The monoisotopic (exact) mass is 468 g/mol. The molecule has 4 aromatic rings. The third-order valence-corrected chi connectivity index (χ3v) is 6.95. The van der Waals surface area contributed by atoms with E-state index in [0.29, 0.717) is 10.8 Å². The van der Waals surface area contributed by atoms with Crippen molar-refractivity contribution in [2.24, 2.45) is 0 Å². The largest absolute Gasteiger partial charge is 0.506 e. The van der Waals surface area contributed by atoms with Gasteiger partial charge in [-0.05, 0) is 86.1 Å². The summed E-state index contributed by atoms with van der Waals surface area (Å²) in [5.41, 5.74) is 7.47. The lowest BCUT2D eigenvalue weighted by Gasteiger charge is -2.28. The third-order valence-electron chi connectivity index (χ3n) is 6.63. The molecule has 34 heavy (non-hydrogen) atoms. The van der Waals surface area contributed by atoms with Gasteiger partial charge in [-0.25, -0.2) is 0 Å². The Morgan fingerprint density at radius 1 is 1.00 bits per heavy atom. The van der Waals surface area contributed by atoms with Crippen molar-refractivity contribution in [1.29, 1.82) is 0 Å². The van der Waals surface area contributed by atoms with Crippen molar-refractivity contribution < 1.29 is 5.11 Å². The van der Waals surface area contributed by atoms with Crippen LogP contribution in [-0.2, 0) is 6.42 Å². The zero-order valence-electron chi connectivity index (χ0n) is 19.6. The molecule has 2 aromatic heterocycles. The van der Waals surface area contributed by atoms with Crippen LogP contribution < -0.4 is 10.2 Å². The van der Waals surface area contributed by atoms with Gasteiger partial charge in [-0.1, -0.05) is 37.3 Å². The maximum atomic E-state index is 10.7. The number of hydrogen-bond donors (Lipinski definition) is 2. The summed E-state index contributed by atoms with van der Waals surface area (Å²) in [5, 5.41) is 14.8. The highest BCUT2D eigenvalue weighted by Crippen LogP contribution is 2.45. The van der Waals surface area contributed by atoms with Crippen LogP contribution in [0.15, 0.2) is 79.0 Å². The van der Waals surface area contributed by atoms with Crippen LogP contribution in [0, 0.1) is 13.8 Å². The first-order valence-electron chi connectivity index (χ1n) is 11.6. The Morgan fingerprint density at radius 3 is 2.41 bits per heavy atom. The Bertz CT molecular complexity index is 1330. The summed E-state index contributed by atoms with van der Waals surface area (Å²) in [5.74, 6) is 0.197. The lowest BCUT2D eigenvalue weighted by Crippen LogP contribution is -2.29. The molecule has 3 heterocycles. The summed E-state index contributed by atoms with van der Waals surface area (Å²) < 4.78 is 2.29. The van der Waals surface area contributed by atoms with Gasteiger partial charge in [0.15, 0.2) is 5.11 Å². The molecule has 5 nitrogen and oxygen atoms in total. The maximum Gasteiger partial charge on any atom is 0.174 e. The van der Waals surface area contributed by atoms with Crippen LogP contribution >= 0.6 is 12.2 Å². The molecular formula is C28H28N4OS. The SMILES string of the molecule is CCc1ccc(-n2c(C)cc([C@H]3[C@H](c4ccccn4)NC(=S)N3c3ccccc3O)c2C)cc1. The molecule has 0 radical (unpaired) electrons. The van der Waals surface area contributed by atoms with Gasteiger partial charge in [0, 0.05) is 23.3 Å². The summed E-state index contributed by atoms with van der Waals surface area (Å²) in [7, 11) is 0. The Balaban J connectivity index is 1.67. The van der Waals surface area contributed by atoms with E-state index in [4.69, 9.17) is 12.2 Å². The molecule has 2 N–H and O–H groups in total. The van der Waals surface area contributed by atoms with E-state index in [0.717, 1.165) is 34.8 Å². The smallest absolute Gasteiger partial charge is 0.174 e. The third kappa shape index (κ3) is 3.74. The fraction of sp³-hybridized carbons (Fsp3) is 0.214. The summed E-state index contributed by atoms with van der Waals surface area (Å²) in [4.78, 5) is 6.66. The molecule has 0 spiro atoms. The number of pyridine rings is 1. The lowest BCUT2D eigenvalue weighted by atomic mass is 9.96. The number of thiocarbonyl (C=S) groups is 1. The summed E-state index contributed by atoms with van der Waals surface area (Å²) in [6.45, 7) is 6.45. The van der Waals surface area contributed by atoms with Crippen molar-refractivity contribution in [2.45, 2.75) is 39.3 Å². The van der Waals surface area contributed by atoms with Gasteiger partial charge in [-0.15, -0.1) is 0 Å². The van der Waals surface area contributed by atoms with Gasteiger partial charge in [0.1, 0.15) is 5.75 Å². The molecule has 1 aliphatic rings. The topological polar surface area (TPSA) is 53.3 Å². The van der Waals surface area contributed by atoms with Gasteiger partial charge in [-0.3, -0.25) is 4.98 Å². The average Bonchev–Trinajstić information content (AvgIpc) is 3.35. The number of benzene rings is 2. The molecular weight excluding hydrogens is 440 g/mol. The first-order chi connectivity index (χ1) is 16.5. The van der Waals surface area contributed by atoms with Crippen molar-refractivity contribution in [1.82, 2.24) is 14.9 Å². The zero-order chi connectivity index (χ0) is 23.8. The molecule has 0 saturated carbocycles. The molecule has 172 valence electrons. The first-order valence-corrected chi connectivity index (χ1v) is 12.0. The van der Waals surface area contributed by atoms with Gasteiger partial charge in [-0.2, -0.15) is 0 Å². The molecule has 1 aliphatic heterocycles. The van der Waals surface area contributed by atoms with Crippen LogP contribution in [0.2, 0.25) is 0 Å². The Labute approximate surface area is 205 Å². The highest BCUT2D eigenvalue weighted by Gasteiger charge is 2.43. The number of nitrogens with one attached hydrogen (secondary N) is 1.